The number of amides is 1. The quantitative estimate of drug-likeness (QED) is 0.155. The molecule has 178 valence electrons. The van der Waals surface area contributed by atoms with E-state index in [1.54, 1.807) is 36.4 Å². The van der Waals surface area contributed by atoms with Crippen LogP contribution < -0.4 is 10.6 Å². The van der Waals surface area contributed by atoms with E-state index in [9.17, 15) is 14.9 Å². The van der Waals surface area contributed by atoms with Crippen LogP contribution in [-0.2, 0) is 0 Å². The lowest BCUT2D eigenvalue weighted by Crippen LogP contribution is -2.33. The van der Waals surface area contributed by atoms with E-state index in [0.717, 1.165) is 0 Å². The van der Waals surface area contributed by atoms with Gasteiger partial charge in [0.15, 0.2) is 16.5 Å². The van der Waals surface area contributed by atoms with Gasteiger partial charge in [-0.1, -0.05) is 35.9 Å². The Hall–Kier alpha value is -4.54. The third kappa shape index (κ3) is 4.81. The van der Waals surface area contributed by atoms with Gasteiger partial charge in [0.2, 0.25) is 5.89 Å². The van der Waals surface area contributed by atoms with Gasteiger partial charge in [0.05, 0.1) is 15.5 Å². The molecule has 0 aliphatic rings. The number of anilines is 1. The van der Waals surface area contributed by atoms with Gasteiger partial charge in [0.1, 0.15) is 11.3 Å². The number of benzene rings is 3. The topological polar surface area (TPSA) is 123 Å². The number of nitro groups is 1. The molecule has 5 aromatic rings. The number of non-ortho nitro benzene ring substituents is 1. The van der Waals surface area contributed by atoms with Crippen LogP contribution in [0.1, 0.15) is 10.6 Å². The minimum Gasteiger partial charge on any atom is -0.451 e. The average Bonchev–Trinajstić information content (AvgIpc) is 3.52. The second-order valence-electron chi connectivity index (χ2n) is 7.56. The summed E-state index contributed by atoms with van der Waals surface area (Å²) in [6, 6.07) is 21.4. The molecule has 0 atom stereocenters. The normalized spacial score (nSPS) is 10.8. The van der Waals surface area contributed by atoms with E-state index in [2.05, 4.69) is 15.6 Å². The number of halogens is 1. The van der Waals surface area contributed by atoms with Crippen molar-refractivity contribution in [2.24, 2.45) is 0 Å². The second kappa shape index (κ2) is 9.61. The Balaban J connectivity index is 1.27. The number of nitrogens with zero attached hydrogens (tertiary/aromatic N) is 2. The molecular formula is C25H15ClN4O5S. The Morgan fingerprint density at radius 2 is 1.83 bits per heavy atom. The van der Waals surface area contributed by atoms with Crippen LogP contribution in [0.15, 0.2) is 87.7 Å². The Morgan fingerprint density at radius 1 is 1.00 bits per heavy atom. The summed E-state index contributed by atoms with van der Waals surface area (Å²) in [5.74, 6) is 0.124. The number of rotatable bonds is 5. The number of nitrogens with one attached hydrogen (secondary N) is 2. The van der Waals surface area contributed by atoms with Gasteiger partial charge >= 0.3 is 0 Å². The third-order valence-electron chi connectivity index (χ3n) is 5.15. The monoisotopic (exact) mass is 518 g/mol. The highest BCUT2D eigenvalue weighted by Gasteiger charge is 2.16. The largest absolute Gasteiger partial charge is 0.451 e. The van der Waals surface area contributed by atoms with Crippen molar-refractivity contribution in [1.29, 1.82) is 0 Å². The van der Waals surface area contributed by atoms with Gasteiger partial charge in [-0.15, -0.1) is 0 Å². The van der Waals surface area contributed by atoms with Crippen molar-refractivity contribution in [3.05, 3.63) is 99.8 Å². The predicted molar refractivity (Wildman–Crippen MR) is 139 cm³/mol. The summed E-state index contributed by atoms with van der Waals surface area (Å²) in [5, 5.41) is 17.0. The maximum absolute atomic E-state index is 12.6. The van der Waals surface area contributed by atoms with Crippen molar-refractivity contribution < 1.29 is 18.6 Å². The standard InChI is InChI=1S/C25H15ClN4O5S/c26-18-7-2-1-6-17(18)24-28-19-13-15(8-9-21(19)35-24)27-25(36)29-23(31)22-11-10-20(34-22)14-4-3-5-16(12-14)30(32)33/h1-13H,(H2,27,29,31,36). The maximum atomic E-state index is 12.6. The lowest BCUT2D eigenvalue weighted by molar-refractivity contribution is -0.384. The molecule has 36 heavy (non-hydrogen) atoms. The van der Waals surface area contributed by atoms with Gasteiger partial charge in [-0.25, -0.2) is 4.98 Å². The Bertz CT molecular complexity index is 1640. The van der Waals surface area contributed by atoms with Gasteiger partial charge in [-0.3, -0.25) is 20.2 Å². The van der Waals surface area contributed by atoms with Gasteiger partial charge in [-0.05, 0) is 54.7 Å². The number of furan rings is 1. The van der Waals surface area contributed by atoms with Crippen LogP contribution in [0.4, 0.5) is 11.4 Å². The summed E-state index contributed by atoms with van der Waals surface area (Å²) in [6.45, 7) is 0. The second-order valence-corrected chi connectivity index (χ2v) is 8.38. The number of carbonyl (C=O) groups excluding carboxylic acids is 1. The number of oxazole rings is 1. The zero-order valence-corrected chi connectivity index (χ0v) is 19.8. The van der Waals surface area contributed by atoms with E-state index in [4.69, 9.17) is 32.7 Å². The average molecular weight is 519 g/mol. The fourth-order valence-corrected chi connectivity index (χ4v) is 3.90. The van der Waals surface area contributed by atoms with E-state index < -0.39 is 10.8 Å². The molecule has 3 aromatic carbocycles. The highest BCUT2D eigenvalue weighted by atomic mass is 35.5. The Labute approximate surface area is 213 Å². The fraction of sp³-hybridized carbons (Fsp3) is 0. The summed E-state index contributed by atoms with van der Waals surface area (Å²) < 4.78 is 11.4. The van der Waals surface area contributed by atoms with E-state index in [0.29, 0.717) is 44.6 Å². The summed E-state index contributed by atoms with van der Waals surface area (Å²) in [6.07, 6.45) is 0. The molecule has 2 N–H and O–H groups in total. The summed E-state index contributed by atoms with van der Waals surface area (Å²) in [5.41, 5.74) is 2.80. The number of aromatic nitrogens is 1. The van der Waals surface area contributed by atoms with Crippen LogP contribution in [-0.4, -0.2) is 20.9 Å². The first-order valence-corrected chi connectivity index (χ1v) is 11.3. The van der Waals surface area contributed by atoms with Crippen molar-refractivity contribution in [3.8, 4) is 22.8 Å². The van der Waals surface area contributed by atoms with Crippen molar-refractivity contribution in [1.82, 2.24) is 10.3 Å². The molecule has 0 aliphatic carbocycles. The molecule has 0 fully saturated rings. The number of fused-ring (bicyclic) bond motifs is 1. The molecule has 1 amide bonds. The van der Waals surface area contributed by atoms with E-state index in [1.165, 1.54) is 24.3 Å². The van der Waals surface area contributed by atoms with Crippen LogP contribution >= 0.6 is 23.8 Å². The molecule has 2 aromatic heterocycles. The molecule has 9 nitrogen and oxygen atoms in total. The van der Waals surface area contributed by atoms with Gasteiger partial charge < -0.3 is 14.2 Å². The molecule has 0 radical (unpaired) electrons. The van der Waals surface area contributed by atoms with Crippen molar-refractivity contribution in [2.45, 2.75) is 0 Å². The van der Waals surface area contributed by atoms with Crippen LogP contribution in [0.3, 0.4) is 0 Å². The molecule has 0 saturated heterocycles. The first kappa shape index (κ1) is 23.2. The first-order chi connectivity index (χ1) is 17.4. The lowest BCUT2D eigenvalue weighted by atomic mass is 10.1. The minimum atomic E-state index is -0.576. The van der Waals surface area contributed by atoms with E-state index in [-0.39, 0.29) is 16.6 Å². The summed E-state index contributed by atoms with van der Waals surface area (Å²) in [4.78, 5) is 27.6. The molecule has 11 heteroatoms. The van der Waals surface area contributed by atoms with Crippen molar-refractivity contribution >= 4 is 57.3 Å². The zero-order chi connectivity index (χ0) is 25.2. The molecule has 2 heterocycles. The van der Waals surface area contributed by atoms with E-state index >= 15 is 0 Å². The number of hydrogen-bond donors (Lipinski definition) is 2. The lowest BCUT2D eigenvalue weighted by Gasteiger charge is -2.08. The summed E-state index contributed by atoms with van der Waals surface area (Å²) >= 11 is 11.5. The van der Waals surface area contributed by atoms with Crippen LogP contribution in [0, 0.1) is 10.1 Å². The molecule has 5 rings (SSSR count). The number of thiocarbonyl (C=S) groups is 1. The maximum Gasteiger partial charge on any atom is 0.293 e. The van der Waals surface area contributed by atoms with Crippen molar-refractivity contribution in [2.75, 3.05) is 5.32 Å². The SMILES string of the molecule is O=C(NC(=S)Nc1ccc2oc(-c3ccccc3Cl)nc2c1)c1ccc(-c2cccc([N+](=O)[O-])c2)o1. The highest BCUT2D eigenvalue weighted by molar-refractivity contribution is 7.80. The number of nitro benzene ring substituents is 1. The molecule has 0 saturated carbocycles. The fourth-order valence-electron chi connectivity index (χ4n) is 3.47. The molecule has 0 spiro atoms. The van der Waals surface area contributed by atoms with Gasteiger partial charge in [0.25, 0.3) is 11.6 Å². The van der Waals surface area contributed by atoms with Crippen LogP contribution in [0.2, 0.25) is 5.02 Å². The molecule has 0 aliphatic heterocycles. The molecular weight excluding hydrogens is 504 g/mol. The number of hydrogen-bond acceptors (Lipinski definition) is 7. The van der Waals surface area contributed by atoms with Crippen molar-refractivity contribution in [3.63, 3.8) is 0 Å². The van der Waals surface area contributed by atoms with E-state index in [1.807, 2.05) is 18.2 Å². The zero-order valence-electron chi connectivity index (χ0n) is 18.2. The van der Waals surface area contributed by atoms with Gasteiger partial charge in [0, 0.05) is 23.4 Å². The first-order valence-electron chi connectivity index (χ1n) is 10.5. The molecule has 0 bridgehead atoms. The third-order valence-corrected chi connectivity index (χ3v) is 5.68. The minimum absolute atomic E-state index is 0.00279. The summed E-state index contributed by atoms with van der Waals surface area (Å²) in [7, 11) is 0. The Morgan fingerprint density at radius 3 is 2.64 bits per heavy atom. The molecule has 0 unspecified atom stereocenters. The Kier molecular flexibility index (Phi) is 6.19. The van der Waals surface area contributed by atoms with Gasteiger partial charge in [-0.2, -0.15) is 0 Å². The van der Waals surface area contributed by atoms with Crippen LogP contribution in [0.5, 0.6) is 0 Å². The van der Waals surface area contributed by atoms with Crippen LogP contribution in [0.25, 0.3) is 33.9 Å². The highest BCUT2D eigenvalue weighted by Crippen LogP contribution is 2.31. The predicted octanol–water partition coefficient (Wildman–Crippen LogP) is 6.44. The number of carbonyl (C=O) groups is 1. The smallest absolute Gasteiger partial charge is 0.293 e.